The van der Waals surface area contributed by atoms with Crippen molar-refractivity contribution >= 4 is 11.6 Å². The first-order valence-electron chi connectivity index (χ1n) is 6.93. The minimum absolute atomic E-state index is 0.128. The third kappa shape index (κ3) is 3.06. The van der Waals surface area contributed by atoms with Crippen molar-refractivity contribution in [1.29, 1.82) is 0 Å². The van der Waals surface area contributed by atoms with Gasteiger partial charge in [0, 0.05) is 11.8 Å². The van der Waals surface area contributed by atoms with Gasteiger partial charge in [0.05, 0.1) is 19.0 Å². The van der Waals surface area contributed by atoms with Crippen LogP contribution in [0.4, 0.5) is 10.1 Å². The Balaban J connectivity index is 1.84. The normalized spacial score (nSPS) is 10.3. The molecule has 2 aromatic carbocycles. The number of amides is 1. The second-order valence-electron chi connectivity index (χ2n) is 4.78. The molecular weight excluding hydrogens is 297 g/mol. The van der Waals surface area contributed by atoms with Crippen LogP contribution in [0.25, 0.3) is 5.69 Å². The Kier molecular flexibility index (Phi) is 4.05. The second-order valence-corrected chi connectivity index (χ2v) is 4.78. The van der Waals surface area contributed by atoms with Crippen molar-refractivity contribution in [2.24, 2.45) is 0 Å². The number of hydrogen-bond acceptors (Lipinski definition) is 3. The van der Waals surface area contributed by atoms with E-state index in [0.29, 0.717) is 17.1 Å². The van der Waals surface area contributed by atoms with Gasteiger partial charge in [0.2, 0.25) is 5.95 Å². The van der Waals surface area contributed by atoms with Crippen LogP contribution >= 0.6 is 0 Å². The molecule has 0 aliphatic rings. The van der Waals surface area contributed by atoms with Crippen molar-refractivity contribution in [1.82, 2.24) is 9.78 Å². The first kappa shape index (κ1) is 14.8. The number of nitrogens with zero attached hydrogens (tertiary/aromatic N) is 2. The minimum atomic E-state index is -0.711. The zero-order valence-electron chi connectivity index (χ0n) is 12.4. The van der Waals surface area contributed by atoms with Gasteiger partial charge in [-0.15, -0.1) is 0 Å². The predicted molar refractivity (Wildman–Crippen MR) is 84.5 cm³/mol. The van der Waals surface area contributed by atoms with E-state index in [2.05, 4.69) is 10.4 Å². The van der Waals surface area contributed by atoms with E-state index in [1.54, 1.807) is 48.5 Å². The Hall–Kier alpha value is -3.15. The molecule has 0 atom stereocenters. The zero-order chi connectivity index (χ0) is 16.2. The van der Waals surface area contributed by atoms with Crippen LogP contribution in [-0.2, 0) is 0 Å². The van der Waals surface area contributed by atoms with Crippen molar-refractivity contribution in [3.8, 4) is 11.4 Å². The lowest BCUT2D eigenvalue weighted by molar-refractivity contribution is 0.102. The van der Waals surface area contributed by atoms with E-state index >= 15 is 0 Å². The van der Waals surface area contributed by atoms with Crippen LogP contribution in [0.5, 0.6) is 5.75 Å². The van der Waals surface area contributed by atoms with E-state index < -0.39 is 11.9 Å². The second kappa shape index (κ2) is 6.31. The number of rotatable bonds is 4. The number of para-hydroxylation sites is 1. The lowest BCUT2D eigenvalue weighted by Gasteiger charge is -2.06. The number of aromatic nitrogens is 2. The average molecular weight is 311 g/mol. The monoisotopic (exact) mass is 311 g/mol. The van der Waals surface area contributed by atoms with Gasteiger partial charge in [0.25, 0.3) is 5.91 Å². The van der Waals surface area contributed by atoms with E-state index in [0.717, 1.165) is 4.68 Å². The fourth-order valence-electron chi connectivity index (χ4n) is 2.13. The maximum absolute atomic E-state index is 14.4. The molecule has 3 rings (SSSR count). The summed E-state index contributed by atoms with van der Waals surface area (Å²) in [4.78, 5) is 12.2. The molecule has 0 aliphatic heterocycles. The van der Waals surface area contributed by atoms with E-state index in [4.69, 9.17) is 4.74 Å². The predicted octanol–water partition coefficient (Wildman–Crippen LogP) is 3.27. The molecule has 0 fully saturated rings. The molecule has 1 aromatic heterocycles. The molecule has 0 spiro atoms. The van der Waals surface area contributed by atoms with Gasteiger partial charge >= 0.3 is 0 Å². The fraction of sp³-hybridized carbons (Fsp3) is 0.0588. The van der Waals surface area contributed by atoms with Crippen molar-refractivity contribution < 1.29 is 13.9 Å². The van der Waals surface area contributed by atoms with E-state index in [-0.39, 0.29) is 5.56 Å². The lowest BCUT2D eigenvalue weighted by Crippen LogP contribution is -2.13. The highest BCUT2D eigenvalue weighted by Crippen LogP contribution is 2.19. The first-order chi connectivity index (χ1) is 11.2. The molecule has 1 amide bonds. The molecule has 0 radical (unpaired) electrons. The third-order valence-corrected chi connectivity index (χ3v) is 3.28. The number of carbonyl (C=O) groups excluding carboxylic acids is 1. The number of benzene rings is 2. The quantitative estimate of drug-likeness (QED) is 0.804. The molecule has 0 bridgehead atoms. The summed E-state index contributed by atoms with van der Waals surface area (Å²) in [6.07, 6.45) is 1.21. The fourth-order valence-corrected chi connectivity index (χ4v) is 2.13. The molecule has 23 heavy (non-hydrogen) atoms. The SMILES string of the molecule is COc1cccc(NC(=O)c2cnn(-c3ccccc3)c2F)c1. The molecule has 3 aromatic rings. The van der Waals surface area contributed by atoms with Gasteiger partial charge in [-0.2, -0.15) is 9.49 Å². The molecular formula is C17H14FN3O2. The van der Waals surface area contributed by atoms with E-state index in [9.17, 15) is 9.18 Å². The van der Waals surface area contributed by atoms with Crippen LogP contribution < -0.4 is 10.1 Å². The largest absolute Gasteiger partial charge is 0.497 e. The molecule has 0 aliphatic carbocycles. The molecule has 1 heterocycles. The van der Waals surface area contributed by atoms with Crippen molar-refractivity contribution in [3.05, 3.63) is 72.3 Å². The molecule has 0 saturated carbocycles. The summed E-state index contributed by atoms with van der Waals surface area (Å²) in [6.45, 7) is 0. The summed E-state index contributed by atoms with van der Waals surface area (Å²) in [5, 5.41) is 6.56. The number of ether oxygens (including phenoxy) is 1. The van der Waals surface area contributed by atoms with Gasteiger partial charge in [0.15, 0.2) is 0 Å². The summed E-state index contributed by atoms with van der Waals surface area (Å²) < 4.78 is 20.6. The van der Waals surface area contributed by atoms with Crippen LogP contribution in [0.15, 0.2) is 60.8 Å². The summed E-state index contributed by atoms with van der Waals surface area (Å²) in [5.41, 5.74) is 0.934. The summed E-state index contributed by atoms with van der Waals surface area (Å²) in [7, 11) is 1.53. The first-order valence-corrected chi connectivity index (χ1v) is 6.93. The highest BCUT2D eigenvalue weighted by atomic mass is 19.1. The highest BCUT2D eigenvalue weighted by Gasteiger charge is 2.18. The summed E-state index contributed by atoms with van der Waals surface area (Å²) in [5.74, 6) is -0.683. The van der Waals surface area contributed by atoms with Crippen LogP contribution in [0, 0.1) is 5.95 Å². The van der Waals surface area contributed by atoms with Crippen LogP contribution in [-0.4, -0.2) is 22.8 Å². The Morgan fingerprint density at radius 3 is 2.70 bits per heavy atom. The van der Waals surface area contributed by atoms with Gasteiger partial charge in [-0.1, -0.05) is 24.3 Å². The van der Waals surface area contributed by atoms with Gasteiger partial charge in [0.1, 0.15) is 11.3 Å². The third-order valence-electron chi connectivity index (χ3n) is 3.28. The van der Waals surface area contributed by atoms with Gasteiger partial charge < -0.3 is 10.1 Å². The van der Waals surface area contributed by atoms with E-state index in [1.165, 1.54) is 13.3 Å². The zero-order valence-corrected chi connectivity index (χ0v) is 12.4. The molecule has 0 saturated heterocycles. The maximum atomic E-state index is 14.4. The Morgan fingerprint density at radius 1 is 1.17 bits per heavy atom. The van der Waals surface area contributed by atoms with Crippen molar-refractivity contribution in [2.75, 3.05) is 12.4 Å². The average Bonchev–Trinajstić information content (AvgIpc) is 2.97. The molecule has 116 valence electrons. The standard InChI is InChI=1S/C17H14FN3O2/c1-23-14-9-5-6-12(10-14)20-17(22)15-11-19-21(16(15)18)13-7-3-2-4-8-13/h2-11H,1H3,(H,20,22). The number of anilines is 1. The van der Waals surface area contributed by atoms with Crippen LogP contribution in [0.3, 0.4) is 0 Å². The number of methoxy groups -OCH3 is 1. The number of carbonyl (C=O) groups is 1. The topological polar surface area (TPSA) is 56.1 Å². The minimum Gasteiger partial charge on any atom is -0.497 e. The Morgan fingerprint density at radius 2 is 1.96 bits per heavy atom. The molecule has 6 heteroatoms. The van der Waals surface area contributed by atoms with Crippen LogP contribution in [0.1, 0.15) is 10.4 Å². The maximum Gasteiger partial charge on any atom is 0.261 e. The van der Waals surface area contributed by atoms with E-state index in [1.807, 2.05) is 6.07 Å². The molecule has 1 N–H and O–H groups in total. The molecule has 0 unspecified atom stereocenters. The molecule has 5 nitrogen and oxygen atoms in total. The number of halogens is 1. The number of hydrogen-bond donors (Lipinski definition) is 1. The Bertz CT molecular complexity index is 831. The van der Waals surface area contributed by atoms with Gasteiger partial charge in [-0.3, -0.25) is 4.79 Å². The highest BCUT2D eigenvalue weighted by molar-refractivity contribution is 6.04. The smallest absolute Gasteiger partial charge is 0.261 e. The van der Waals surface area contributed by atoms with Crippen molar-refractivity contribution in [3.63, 3.8) is 0 Å². The lowest BCUT2D eigenvalue weighted by atomic mass is 10.2. The van der Waals surface area contributed by atoms with Gasteiger partial charge in [-0.05, 0) is 24.3 Å². The number of nitrogens with one attached hydrogen (secondary N) is 1. The summed E-state index contributed by atoms with van der Waals surface area (Å²) in [6, 6.07) is 15.6. The van der Waals surface area contributed by atoms with Crippen molar-refractivity contribution in [2.45, 2.75) is 0 Å². The Labute approximate surface area is 132 Å². The summed E-state index contributed by atoms with van der Waals surface area (Å²) >= 11 is 0. The van der Waals surface area contributed by atoms with Gasteiger partial charge in [-0.25, -0.2) is 4.68 Å². The van der Waals surface area contributed by atoms with Crippen LogP contribution in [0.2, 0.25) is 0 Å².